The molecule has 1 fully saturated rings. The Balaban J connectivity index is 2.00. The van der Waals surface area contributed by atoms with E-state index in [0.29, 0.717) is 55.4 Å². The van der Waals surface area contributed by atoms with Crippen molar-refractivity contribution in [3.8, 4) is 11.5 Å². The van der Waals surface area contributed by atoms with Crippen molar-refractivity contribution in [3.63, 3.8) is 0 Å². The lowest BCUT2D eigenvalue weighted by Crippen LogP contribution is -2.31. The number of benzene rings is 2. The number of likely N-dealkylation sites (tertiary alicyclic amines) is 1. The standard InChI is InChI=1S/C27H31NO6/c1-4-16-33-21-11-7-19(8-12-21)24-23(26(30)27(31)28(24)15-6-18-32-3)25(29)20-9-13-22(14-10-20)34-17-5-2/h5,7-14,24,29H,2,4,6,15-18H2,1,3H3/t24-/m0/s1. The number of Topliss-reactive ketones (excluding diaryl/α,β-unsaturated/α-hetero) is 1. The number of rotatable bonds is 12. The molecule has 1 amide bonds. The largest absolute Gasteiger partial charge is 0.507 e. The van der Waals surface area contributed by atoms with Crippen LogP contribution in [0.1, 0.15) is 36.9 Å². The van der Waals surface area contributed by atoms with Crippen molar-refractivity contribution in [3.05, 3.63) is 77.9 Å². The smallest absolute Gasteiger partial charge is 0.295 e. The number of ether oxygens (including phenoxy) is 3. The van der Waals surface area contributed by atoms with E-state index in [-0.39, 0.29) is 11.3 Å². The molecular formula is C27H31NO6. The van der Waals surface area contributed by atoms with Gasteiger partial charge < -0.3 is 24.2 Å². The Morgan fingerprint density at radius 3 is 2.29 bits per heavy atom. The summed E-state index contributed by atoms with van der Waals surface area (Å²) in [7, 11) is 1.59. The summed E-state index contributed by atoms with van der Waals surface area (Å²) in [5.41, 5.74) is 1.20. The predicted molar refractivity (Wildman–Crippen MR) is 130 cm³/mol. The van der Waals surface area contributed by atoms with Crippen LogP contribution >= 0.6 is 0 Å². The maximum absolute atomic E-state index is 13.1. The van der Waals surface area contributed by atoms with Gasteiger partial charge in [-0.05, 0) is 54.8 Å². The molecule has 0 aromatic heterocycles. The SMILES string of the molecule is C=CCOc1ccc(C(O)=C2C(=O)C(=O)N(CCCOC)[C@H]2c2ccc(OCCC)cc2)cc1. The van der Waals surface area contributed by atoms with Crippen molar-refractivity contribution < 1.29 is 28.9 Å². The number of amides is 1. The van der Waals surface area contributed by atoms with Crippen molar-refractivity contribution in [1.82, 2.24) is 4.90 Å². The van der Waals surface area contributed by atoms with Crippen LogP contribution in [0.15, 0.2) is 66.8 Å². The van der Waals surface area contributed by atoms with Gasteiger partial charge in [0.2, 0.25) is 0 Å². The Bertz CT molecular complexity index is 1030. The van der Waals surface area contributed by atoms with Gasteiger partial charge in [0, 0.05) is 25.8 Å². The molecule has 0 bridgehead atoms. The average Bonchev–Trinajstić information content (AvgIpc) is 3.11. The Kier molecular flexibility index (Phi) is 8.87. The van der Waals surface area contributed by atoms with Crippen LogP contribution in [-0.4, -0.2) is 55.2 Å². The zero-order valence-corrected chi connectivity index (χ0v) is 19.7. The highest BCUT2D eigenvalue weighted by Gasteiger charge is 2.45. The minimum absolute atomic E-state index is 0.0596. The van der Waals surface area contributed by atoms with Crippen LogP contribution in [0.5, 0.6) is 11.5 Å². The van der Waals surface area contributed by atoms with E-state index in [4.69, 9.17) is 14.2 Å². The molecule has 1 saturated heterocycles. The molecule has 2 aromatic rings. The molecule has 1 aliphatic heterocycles. The first-order chi connectivity index (χ1) is 16.5. The molecule has 0 spiro atoms. The van der Waals surface area contributed by atoms with Crippen molar-refractivity contribution in [2.45, 2.75) is 25.8 Å². The quantitative estimate of drug-likeness (QED) is 0.163. The molecule has 1 N–H and O–H groups in total. The van der Waals surface area contributed by atoms with Crippen LogP contribution in [0.25, 0.3) is 5.76 Å². The minimum Gasteiger partial charge on any atom is -0.507 e. The van der Waals surface area contributed by atoms with E-state index >= 15 is 0 Å². The fraction of sp³-hybridized carbons (Fsp3) is 0.333. The summed E-state index contributed by atoms with van der Waals surface area (Å²) in [5.74, 6) is -0.259. The van der Waals surface area contributed by atoms with Crippen LogP contribution in [0.2, 0.25) is 0 Å². The lowest BCUT2D eigenvalue weighted by molar-refractivity contribution is -0.140. The van der Waals surface area contributed by atoms with Gasteiger partial charge in [-0.25, -0.2) is 0 Å². The van der Waals surface area contributed by atoms with Crippen molar-refractivity contribution in [1.29, 1.82) is 0 Å². The number of carbonyl (C=O) groups excluding carboxylic acids is 2. The Hall–Kier alpha value is -3.58. The number of ketones is 1. The fourth-order valence-corrected chi connectivity index (χ4v) is 3.82. The molecule has 0 unspecified atom stereocenters. The molecule has 7 nitrogen and oxygen atoms in total. The number of methoxy groups -OCH3 is 1. The highest BCUT2D eigenvalue weighted by atomic mass is 16.5. The van der Waals surface area contributed by atoms with Crippen LogP contribution < -0.4 is 9.47 Å². The van der Waals surface area contributed by atoms with Gasteiger partial charge in [-0.2, -0.15) is 0 Å². The predicted octanol–water partition coefficient (Wildman–Crippen LogP) is 4.50. The van der Waals surface area contributed by atoms with Crippen LogP contribution in [0.3, 0.4) is 0 Å². The number of aliphatic hydroxyl groups excluding tert-OH is 1. The second-order valence-electron chi connectivity index (χ2n) is 7.88. The first-order valence-corrected chi connectivity index (χ1v) is 11.4. The molecule has 180 valence electrons. The van der Waals surface area contributed by atoms with E-state index in [1.807, 2.05) is 31.2 Å². The van der Waals surface area contributed by atoms with Crippen LogP contribution in [0.4, 0.5) is 0 Å². The summed E-state index contributed by atoms with van der Waals surface area (Å²) in [6.45, 7) is 7.37. The third-order valence-corrected chi connectivity index (χ3v) is 5.45. The first-order valence-electron chi connectivity index (χ1n) is 11.4. The van der Waals surface area contributed by atoms with E-state index < -0.39 is 17.7 Å². The Morgan fingerprint density at radius 1 is 1.03 bits per heavy atom. The summed E-state index contributed by atoms with van der Waals surface area (Å²) >= 11 is 0. The maximum Gasteiger partial charge on any atom is 0.295 e. The van der Waals surface area contributed by atoms with E-state index in [9.17, 15) is 14.7 Å². The summed E-state index contributed by atoms with van der Waals surface area (Å²) in [4.78, 5) is 27.5. The van der Waals surface area contributed by atoms with Crippen molar-refractivity contribution >= 4 is 17.4 Å². The van der Waals surface area contributed by atoms with E-state index in [1.165, 1.54) is 4.90 Å². The zero-order valence-electron chi connectivity index (χ0n) is 19.7. The number of nitrogens with zero attached hydrogens (tertiary/aromatic N) is 1. The molecule has 2 aromatic carbocycles. The third-order valence-electron chi connectivity index (χ3n) is 5.45. The summed E-state index contributed by atoms with van der Waals surface area (Å²) in [6.07, 6.45) is 3.09. The lowest BCUT2D eigenvalue weighted by Gasteiger charge is -2.25. The van der Waals surface area contributed by atoms with E-state index in [2.05, 4.69) is 6.58 Å². The lowest BCUT2D eigenvalue weighted by atomic mass is 9.95. The zero-order chi connectivity index (χ0) is 24.5. The fourth-order valence-electron chi connectivity index (χ4n) is 3.82. The molecular weight excluding hydrogens is 434 g/mol. The highest BCUT2D eigenvalue weighted by molar-refractivity contribution is 6.46. The van der Waals surface area contributed by atoms with Gasteiger partial charge in [0.15, 0.2) is 0 Å². The third kappa shape index (κ3) is 5.66. The number of hydrogen-bond acceptors (Lipinski definition) is 6. The molecule has 1 aliphatic rings. The molecule has 34 heavy (non-hydrogen) atoms. The average molecular weight is 466 g/mol. The normalized spacial score (nSPS) is 17.1. The maximum atomic E-state index is 13.1. The van der Waals surface area contributed by atoms with E-state index in [1.54, 1.807) is 37.5 Å². The molecule has 0 radical (unpaired) electrons. The molecule has 1 heterocycles. The second kappa shape index (κ2) is 12.0. The van der Waals surface area contributed by atoms with Gasteiger partial charge in [0.05, 0.1) is 18.2 Å². The highest BCUT2D eigenvalue weighted by Crippen LogP contribution is 2.40. The van der Waals surface area contributed by atoms with Gasteiger partial charge in [-0.1, -0.05) is 31.7 Å². The van der Waals surface area contributed by atoms with Gasteiger partial charge in [0.1, 0.15) is 23.9 Å². The van der Waals surface area contributed by atoms with Crippen molar-refractivity contribution in [2.24, 2.45) is 0 Å². The Morgan fingerprint density at radius 2 is 1.68 bits per heavy atom. The van der Waals surface area contributed by atoms with Crippen molar-refractivity contribution in [2.75, 3.05) is 33.5 Å². The monoisotopic (exact) mass is 465 g/mol. The van der Waals surface area contributed by atoms with Crippen LogP contribution in [-0.2, 0) is 14.3 Å². The minimum atomic E-state index is -0.714. The molecule has 0 aliphatic carbocycles. The topological polar surface area (TPSA) is 85.3 Å². The number of aliphatic hydroxyl groups is 1. The summed E-state index contributed by atoms with van der Waals surface area (Å²) in [6, 6.07) is 13.3. The van der Waals surface area contributed by atoms with Gasteiger partial charge in [-0.15, -0.1) is 0 Å². The summed E-state index contributed by atoms with van der Waals surface area (Å²) in [5, 5.41) is 11.1. The number of hydrogen-bond donors (Lipinski definition) is 1. The first kappa shape index (κ1) is 25.1. The van der Waals surface area contributed by atoms with Crippen LogP contribution in [0, 0.1) is 0 Å². The van der Waals surface area contributed by atoms with E-state index in [0.717, 1.165) is 6.42 Å². The molecule has 1 atom stereocenters. The molecule has 0 saturated carbocycles. The molecule has 3 rings (SSSR count). The van der Waals surface area contributed by atoms with Gasteiger partial charge in [-0.3, -0.25) is 9.59 Å². The second-order valence-corrected chi connectivity index (χ2v) is 7.88. The van der Waals surface area contributed by atoms with Gasteiger partial charge >= 0.3 is 0 Å². The Labute approximate surface area is 200 Å². The van der Waals surface area contributed by atoms with Gasteiger partial charge in [0.25, 0.3) is 11.7 Å². The summed E-state index contributed by atoms with van der Waals surface area (Å²) < 4.78 is 16.3. The number of carbonyl (C=O) groups is 2. The molecule has 7 heteroatoms.